The molecule has 0 unspecified atom stereocenters. The summed E-state index contributed by atoms with van der Waals surface area (Å²) in [5.41, 5.74) is 16.2. The molecule has 0 aliphatic carbocycles. The van der Waals surface area contributed by atoms with Gasteiger partial charge in [-0.15, -0.1) is 0 Å². The van der Waals surface area contributed by atoms with Crippen LogP contribution in [0.15, 0.2) is 69.6 Å². The van der Waals surface area contributed by atoms with E-state index in [4.69, 9.17) is 11.5 Å². The molecule has 4 aromatic rings. The highest BCUT2D eigenvalue weighted by molar-refractivity contribution is 9.10. The van der Waals surface area contributed by atoms with E-state index in [0.29, 0.717) is 0 Å². The van der Waals surface area contributed by atoms with Gasteiger partial charge in [0.1, 0.15) is 0 Å². The molecule has 0 amide bonds. The lowest BCUT2D eigenvalue weighted by Crippen LogP contribution is -1.97. The predicted octanol–water partition coefficient (Wildman–Crippen LogP) is 6.35. The van der Waals surface area contributed by atoms with Crippen molar-refractivity contribution in [2.75, 3.05) is 11.5 Å². The van der Waals surface area contributed by atoms with Gasteiger partial charge in [0, 0.05) is 31.4 Å². The van der Waals surface area contributed by atoms with Crippen LogP contribution in [-0.4, -0.2) is 0 Å². The molecule has 0 bridgehead atoms. The molecule has 0 saturated carbocycles. The molecule has 118 valence electrons. The van der Waals surface area contributed by atoms with Crippen LogP contribution >= 0.6 is 31.9 Å². The number of hydrogen-bond acceptors (Lipinski definition) is 2. The van der Waals surface area contributed by atoms with Gasteiger partial charge in [0.15, 0.2) is 0 Å². The van der Waals surface area contributed by atoms with Gasteiger partial charge in [-0.25, -0.2) is 0 Å². The van der Waals surface area contributed by atoms with E-state index >= 15 is 0 Å². The maximum absolute atomic E-state index is 6.38. The normalized spacial score (nSPS) is 11.2. The first-order valence-corrected chi connectivity index (χ1v) is 9.09. The van der Waals surface area contributed by atoms with Crippen LogP contribution in [0.5, 0.6) is 0 Å². The monoisotopic (exact) mass is 440 g/mol. The largest absolute Gasteiger partial charge is 0.398 e. The van der Waals surface area contributed by atoms with Crippen molar-refractivity contribution in [3.05, 3.63) is 69.6 Å². The van der Waals surface area contributed by atoms with Crippen LogP contribution in [0.2, 0.25) is 0 Å². The summed E-state index contributed by atoms with van der Waals surface area (Å²) in [6.07, 6.45) is 0. The van der Waals surface area contributed by atoms with E-state index in [-0.39, 0.29) is 0 Å². The minimum absolute atomic E-state index is 0.722. The molecule has 0 saturated heterocycles. The summed E-state index contributed by atoms with van der Waals surface area (Å²) in [5, 5.41) is 4.44. The van der Waals surface area contributed by atoms with Crippen molar-refractivity contribution in [1.29, 1.82) is 0 Å². The summed E-state index contributed by atoms with van der Waals surface area (Å²) in [6.45, 7) is 0. The van der Waals surface area contributed by atoms with E-state index < -0.39 is 0 Å². The fourth-order valence-corrected chi connectivity index (χ4v) is 3.90. The lowest BCUT2D eigenvalue weighted by molar-refractivity contribution is 1.64. The number of hydrogen-bond donors (Lipinski definition) is 2. The third-order valence-corrected chi connectivity index (χ3v) is 5.27. The van der Waals surface area contributed by atoms with Crippen LogP contribution in [-0.2, 0) is 0 Å². The SMILES string of the molecule is Nc1ccc2ccc(Br)cc2c1-c1c(N)ccc2ccc(Br)cc12. The molecule has 4 N–H and O–H groups in total. The Hall–Kier alpha value is -2.04. The number of fused-ring (bicyclic) bond motifs is 2. The van der Waals surface area contributed by atoms with Gasteiger partial charge in [0.25, 0.3) is 0 Å². The number of nitrogens with two attached hydrogens (primary N) is 2. The lowest BCUT2D eigenvalue weighted by Gasteiger charge is -2.16. The van der Waals surface area contributed by atoms with Crippen molar-refractivity contribution < 1.29 is 0 Å². The van der Waals surface area contributed by atoms with Crippen LogP contribution < -0.4 is 11.5 Å². The zero-order chi connectivity index (χ0) is 16.8. The van der Waals surface area contributed by atoms with Gasteiger partial charge in [-0.1, -0.05) is 56.1 Å². The van der Waals surface area contributed by atoms with Crippen molar-refractivity contribution >= 4 is 64.8 Å². The molecule has 24 heavy (non-hydrogen) atoms. The Kier molecular flexibility index (Phi) is 3.74. The van der Waals surface area contributed by atoms with E-state index in [1.807, 2.05) is 36.4 Å². The molecule has 4 heteroatoms. The van der Waals surface area contributed by atoms with Crippen LogP contribution in [0, 0.1) is 0 Å². The van der Waals surface area contributed by atoms with E-state index in [1.54, 1.807) is 0 Å². The summed E-state index contributed by atoms with van der Waals surface area (Å²) < 4.78 is 2.03. The number of rotatable bonds is 1. The van der Waals surface area contributed by atoms with Gasteiger partial charge >= 0.3 is 0 Å². The fraction of sp³-hybridized carbons (Fsp3) is 0. The Morgan fingerprint density at radius 3 is 1.33 bits per heavy atom. The third-order valence-electron chi connectivity index (χ3n) is 4.28. The molecule has 0 heterocycles. The molecular formula is C20H14Br2N2. The average Bonchev–Trinajstić information content (AvgIpc) is 2.56. The molecule has 4 rings (SSSR count). The standard InChI is InChI=1S/C20H14Br2N2/c21-13-5-1-11-3-7-17(23)19(15(11)9-13)20-16-10-14(22)6-2-12(16)4-8-18(20)24/h1-10H,23-24H2. The number of halogens is 2. The summed E-state index contributed by atoms with van der Waals surface area (Å²) in [7, 11) is 0. The zero-order valence-corrected chi connectivity index (χ0v) is 15.9. The minimum Gasteiger partial charge on any atom is -0.398 e. The topological polar surface area (TPSA) is 52.0 Å². The number of anilines is 2. The second-order valence-electron chi connectivity index (χ2n) is 5.79. The van der Waals surface area contributed by atoms with Gasteiger partial charge in [0.05, 0.1) is 0 Å². The maximum atomic E-state index is 6.38. The van der Waals surface area contributed by atoms with Crippen LogP contribution in [0.3, 0.4) is 0 Å². The number of benzene rings is 4. The molecule has 0 aromatic heterocycles. The van der Waals surface area contributed by atoms with Crippen molar-refractivity contribution in [2.45, 2.75) is 0 Å². The van der Waals surface area contributed by atoms with Gasteiger partial charge in [-0.2, -0.15) is 0 Å². The highest BCUT2D eigenvalue weighted by Gasteiger charge is 2.15. The molecule has 0 fully saturated rings. The Balaban J connectivity index is 2.21. The van der Waals surface area contributed by atoms with E-state index in [0.717, 1.165) is 53.0 Å². The first kappa shape index (κ1) is 15.5. The molecule has 0 radical (unpaired) electrons. The second kappa shape index (κ2) is 5.80. The maximum Gasteiger partial charge on any atom is 0.0401 e. The smallest absolute Gasteiger partial charge is 0.0401 e. The van der Waals surface area contributed by atoms with Crippen molar-refractivity contribution in [3.63, 3.8) is 0 Å². The Morgan fingerprint density at radius 2 is 0.917 bits per heavy atom. The van der Waals surface area contributed by atoms with E-state index in [9.17, 15) is 0 Å². The van der Waals surface area contributed by atoms with Gasteiger partial charge in [-0.3, -0.25) is 0 Å². The molecule has 4 aromatic carbocycles. The summed E-state index contributed by atoms with van der Waals surface area (Å²) >= 11 is 7.13. The highest BCUT2D eigenvalue weighted by atomic mass is 79.9. The van der Waals surface area contributed by atoms with Gasteiger partial charge < -0.3 is 11.5 Å². The second-order valence-corrected chi connectivity index (χ2v) is 7.62. The van der Waals surface area contributed by atoms with Crippen molar-refractivity contribution in [2.24, 2.45) is 0 Å². The van der Waals surface area contributed by atoms with E-state index in [2.05, 4.69) is 56.1 Å². The lowest BCUT2D eigenvalue weighted by atomic mass is 9.91. The Labute approximate surface area is 156 Å². The quantitative estimate of drug-likeness (QED) is 0.338. The van der Waals surface area contributed by atoms with Crippen molar-refractivity contribution in [1.82, 2.24) is 0 Å². The van der Waals surface area contributed by atoms with Crippen LogP contribution in [0.4, 0.5) is 11.4 Å². The minimum atomic E-state index is 0.722. The number of nitrogen functional groups attached to an aromatic ring is 2. The molecule has 0 aliphatic heterocycles. The summed E-state index contributed by atoms with van der Waals surface area (Å²) in [4.78, 5) is 0. The molecule has 2 nitrogen and oxygen atoms in total. The molecule has 0 atom stereocenters. The zero-order valence-electron chi connectivity index (χ0n) is 12.7. The Bertz CT molecular complexity index is 1000. The molecule has 0 aliphatic rings. The third kappa shape index (κ3) is 2.46. The predicted molar refractivity (Wildman–Crippen MR) is 111 cm³/mol. The Morgan fingerprint density at radius 1 is 0.542 bits per heavy atom. The molecular weight excluding hydrogens is 428 g/mol. The van der Waals surface area contributed by atoms with Crippen LogP contribution in [0.1, 0.15) is 0 Å². The fourth-order valence-electron chi connectivity index (χ4n) is 3.18. The average molecular weight is 442 g/mol. The van der Waals surface area contributed by atoms with Crippen molar-refractivity contribution in [3.8, 4) is 11.1 Å². The first-order valence-electron chi connectivity index (χ1n) is 7.50. The van der Waals surface area contributed by atoms with Gasteiger partial charge in [0.2, 0.25) is 0 Å². The summed E-state index contributed by atoms with van der Waals surface area (Å²) in [5.74, 6) is 0. The van der Waals surface area contributed by atoms with E-state index in [1.165, 1.54) is 0 Å². The first-order chi connectivity index (χ1) is 11.5. The summed E-state index contributed by atoms with van der Waals surface area (Å²) in [6, 6.07) is 20.4. The molecule has 0 spiro atoms. The van der Waals surface area contributed by atoms with Crippen LogP contribution in [0.25, 0.3) is 32.7 Å². The highest BCUT2D eigenvalue weighted by Crippen LogP contribution is 2.42. The van der Waals surface area contributed by atoms with Gasteiger partial charge in [-0.05, 0) is 57.9 Å².